The van der Waals surface area contributed by atoms with Gasteiger partial charge in [0, 0.05) is 17.8 Å². The van der Waals surface area contributed by atoms with E-state index in [1.165, 1.54) is 18.5 Å². The predicted molar refractivity (Wildman–Crippen MR) is 70.6 cm³/mol. The third-order valence-electron chi connectivity index (χ3n) is 2.54. The van der Waals surface area contributed by atoms with Gasteiger partial charge in [-0.1, -0.05) is 0 Å². The zero-order valence-corrected chi connectivity index (χ0v) is 10.4. The minimum absolute atomic E-state index is 0.256. The first kappa shape index (κ1) is 12.3. The lowest BCUT2D eigenvalue weighted by Gasteiger charge is -2.11. The van der Waals surface area contributed by atoms with Gasteiger partial charge in [0.1, 0.15) is 23.8 Å². The van der Waals surface area contributed by atoms with Crippen LogP contribution in [-0.4, -0.2) is 16.5 Å². The molecule has 0 aliphatic carbocycles. The Bertz CT molecular complexity index is 525. The van der Waals surface area contributed by atoms with Crippen LogP contribution < -0.4 is 10.6 Å². The maximum absolute atomic E-state index is 12.8. The Morgan fingerprint density at radius 3 is 2.44 bits per heavy atom. The number of anilines is 3. The zero-order valence-electron chi connectivity index (χ0n) is 10.4. The summed E-state index contributed by atoms with van der Waals surface area (Å²) in [5, 5.41) is 6.30. The topological polar surface area (TPSA) is 49.8 Å². The molecule has 94 valence electrons. The minimum atomic E-state index is -0.256. The van der Waals surface area contributed by atoms with Crippen molar-refractivity contribution >= 4 is 17.3 Å². The summed E-state index contributed by atoms with van der Waals surface area (Å²) >= 11 is 0. The fraction of sp³-hybridized carbons (Fsp3) is 0.231. The van der Waals surface area contributed by atoms with Crippen LogP contribution in [0.2, 0.25) is 0 Å². The highest BCUT2D eigenvalue weighted by atomic mass is 19.1. The van der Waals surface area contributed by atoms with Crippen LogP contribution in [0.1, 0.15) is 12.5 Å². The number of benzene rings is 1. The van der Waals surface area contributed by atoms with Crippen molar-refractivity contribution in [3.8, 4) is 0 Å². The van der Waals surface area contributed by atoms with E-state index >= 15 is 0 Å². The van der Waals surface area contributed by atoms with Crippen LogP contribution in [0.25, 0.3) is 0 Å². The molecule has 0 spiro atoms. The SMILES string of the molecule is CCNc1ncnc(Nc2ccc(F)cc2)c1C. The van der Waals surface area contributed by atoms with E-state index in [-0.39, 0.29) is 5.82 Å². The Kier molecular flexibility index (Phi) is 3.72. The molecule has 2 aromatic rings. The zero-order chi connectivity index (χ0) is 13.0. The highest BCUT2D eigenvalue weighted by Crippen LogP contribution is 2.22. The van der Waals surface area contributed by atoms with Crippen molar-refractivity contribution in [2.75, 3.05) is 17.2 Å². The lowest BCUT2D eigenvalue weighted by atomic mass is 10.2. The van der Waals surface area contributed by atoms with Crippen LogP contribution in [-0.2, 0) is 0 Å². The summed E-state index contributed by atoms with van der Waals surface area (Å²) in [5.74, 6) is 1.26. The molecule has 0 aliphatic rings. The third-order valence-corrected chi connectivity index (χ3v) is 2.54. The van der Waals surface area contributed by atoms with Crippen LogP contribution in [0, 0.1) is 12.7 Å². The number of nitrogens with one attached hydrogen (secondary N) is 2. The molecule has 0 aliphatic heterocycles. The molecular formula is C13H15FN4. The highest BCUT2D eigenvalue weighted by Gasteiger charge is 2.06. The first-order chi connectivity index (χ1) is 8.70. The average molecular weight is 246 g/mol. The Morgan fingerprint density at radius 1 is 1.11 bits per heavy atom. The normalized spacial score (nSPS) is 10.2. The average Bonchev–Trinajstić information content (AvgIpc) is 2.37. The van der Waals surface area contributed by atoms with E-state index in [2.05, 4.69) is 20.6 Å². The van der Waals surface area contributed by atoms with Gasteiger partial charge in [0.25, 0.3) is 0 Å². The highest BCUT2D eigenvalue weighted by molar-refractivity contribution is 5.64. The number of hydrogen-bond donors (Lipinski definition) is 2. The fourth-order valence-electron chi connectivity index (χ4n) is 1.59. The van der Waals surface area contributed by atoms with Crippen molar-refractivity contribution < 1.29 is 4.39 Å². The molecule has 0 saturated heterocycles. The van der Waals surface area contributed by atoms with Crippen LogP contribution in [0.5, 0.6) is 0 Å². The standard InChI is InChI=1S/C13H15FN4/c1-3-15-12-9(2)13(17-8-16-12)18-11-6-4-10(14)5-7-11/h4-8H,3H2,1-2H3,(H2,15,16,17,18). The van der Waals surface area contributed by atoms with Gasteiger partial charge in [-0.15, -0.1) is 0 Å². The Labute approximate surface area is 105 Å². The molecule has 0 fully saturated rings. The van der Waals surface area contributed by atoms with Gasteiger partial charge in [-0.05, 0) is 38.1 Å². The Hall–Kier alpha value is -2.17. The summed E-state index contributed by atoms with van der Waals surface area (Å²) in [7, 11) is 0. The maximum atomic E-state index is 12.8. The molecule has 18 heavy (non-hydrogen) atoms. The van der Waals surface area contributed by atoms with Gasteiger partial charge < -0.3 is 10.6 Å². The minimum Gasteiger partial charge on any atom is -0.370 e. The number of nitrogens with zero attached hydrogens (tertiary/aromatic N) is 2. The lowest BCUT2D eigenvalue weighted by Crippen LogP contribution is -2.05. The van der Waals surface area contributed by atoms with Gasteiger partial charge in [-0.25, -0.2) is 14.4 Å². The number of rotatable bonds is 4. The van der Waals surface area contributed by atoms with Crippen molar-refractivity contribution in [2.45, 2.75) is 13.8 Å². The summed E-state index contributed by atoms with van der Waals surface area (Å²) in [6.07, 6.45) is 1.50. The second kappa shape index (κ2) is 5.44. The molecule has 0 unspecified atom stereocenters. The Balaban J connectivity index is 2.23. The van der Waals surface area contributed by atoms with Gasteiger partial charge in [0.2, 0.25) is 0 Å². The van der Waals surface area contributed by atoms with Gasteiger partial charge in [-0.2, -0.15) is 0 Å². The monoisotopic (exact) mass is 246 g/mol. The second-order valence-electron chi connectivity index (χ2n) is 3.86. The molecule has 1 heterocycles. The summed E-state index contributed by atoms with van der Waals surface area (Å²) in [4.78, 5) is 8.35. The van der Waals surface area contributed by atoms with Crippen molar-refractivity contribution in [1.29, 1.82) is 0 Å². The van der Waals surface area contributed by atoms with Crippen LogP contribution >= 0.6 is 0 Å². The van der Waals surface area contributed by atoms with E-state index in [4.69, 9.17) is 0 Å². The molecule has 0 atom stereocenters. The van der Waals surface area contributed by atoms with Crippen molar-refractivity contribution in [2.24, 2.45) is 0 Å². The molecule has 5 heteroatoms. The van der Waals surface area contributed by atoms with Gasteiger partial charge in [0.15, 0.2) is 0 Å². The van der Waals surface area contributed by atoms with Crippen molar-refractivity contribution in [3.63, 3.8) is 0 Å². The van der Waals surface area contributed by atoms with E-state index in [9.17, 15) is 4.39 Å². The molecule has 1 aromatic carbocycles. The lowest BCUT2D eigenvalue weighted by molar-refractivity contribution is 0.628. The summed E-state index contributed by atoms with van der Waals surface area (Å²) in [6, 6.07) is 6.15. The van der Waals surface area contributed by atoms with E-state index in [1.54, 1.807) is 12.1 Å². The van der Waals surface area contributed by atoms with E-state index in [0.717, 1.165) is 23.6 Å². The smallest absolute Gasteiger partial charge is 0.138 e. The van der Waals surface area contributed by atoms with E-state index in [1.807, 2.05) is 13.8 Å². The second-order valence-corrected chi connectivity index (χ2v) is 3.86. The predicted octanol–water partition coefficient (Wildman–Crippen LogP) is 3.10. The van der Waals surface area contributed by atoms with Crippen LogP contribution in [0.15, 0.2) is 30.6 Å². The first-order valence-electron chi connectivity index (χ1n) is 5.78. The number of hydrogen-bond acceptors (Lipinski definition) is 4. The molecule has 4 nitrogen and oxygen atoms in total. The van der Waals surface area contributed by atoms with Gasteiger partial charge in [0.05, 0.1) is 0 Å². The van der Waals surface area contributed by atoms with E-state index in [0.29, 0.717) is 5.82 Å². The third kappa shape index (κ3) is 2.74. The van der Waals surface area contributed by atoms with Crippen molar-refractivity contribution in [1.82, 2.24) is 9.97 Å². The Morgan fingerprint density at radius 2 is 1.78 bits per heavy atom. The molecule has 2 N–H and O–H groups in total. The molecule has 1 aromatic heterocycles. The molecular weight excluding hydrogens is 231 g/mol. The fourth-order valence-corrected chi connectivity index (χ4v) is 1.59. The van der Waals surface area contributed by atoms with Crippen molar-refractivity contribution in [3.05, 3.63) is 42.0 Å². The molecule has 0 saturated carbocycles. The molecule has 2 rings (SSSR count). The van der Waals surface area contributed by atoms with Gasteiger partial charge >= 0.3 is 0 Å². The summed E-state index contributed by atoms with van der Waals surface area (Å²) in [5.41, 5.74) is 1.73. The molecule has 0 radical (unpaired) electrons. The summed E-state index contributed by atoms with van der Waals surface area (Å²) < 4.78 is 12.8. The number of halogens is 1. The summed E-state index contributed by atoms with van der Waals surface area (Å²) in [6.45, 7) is 4.74. The molecule has 0 bridgehead atoms. The molecule has 0 amide bonds. The number of aromatic nitrogens is 2. The van der Waals surface area contributed by atoms with Crippen LogP contribution in [0.4, 0.5) is 21.7 Å². The van der Waals surface area contributed by atoms with Gasteiger partial charge in [-0.3, -0.25) is 0 Å². The van der Waals surface area contributed by atoms with Crippen LogP contribution in [0.3, 0.4) is 0 Å². The maximum Gasteiger partial charge on any atom is 0.138 e. The van der Waals surface area contributed by atoms with E-state index < -0.39 is 0 Å². The quantitative estimate of drug-likeness (QED) is 0.870. The largest absolute Gasteiger partial charge is 0.370 e. The first-order valence-corrected chi connectivity index (χ1v) is 5.78.